The average Bonchev–Trinajstić information content (AvgIpc) is 2.77. The largest absolute Gasteiger partial charge is 0.618 e. The Hall–Kier alpha value is -2.85. The molecule has 0 aliphatic carbocycles. The summed E-state index contributed by atoms with van der Waals surface area (Å²) in [6.07, 6.45) is 1.81. The summed E-state index contributed by atoms with van der Waals surface area (Å²) in [4.78, 5) is 0. The summed E-state index contributed by atoms with van der Waals surface area (Å²) in [5, 5.41) is 24.4. The fourth-order valence-corrected chi connectivity index (χ4v) is 3.88. The van der Waals surface area contributed by atoms with Crippen LogP contribution in [0.5, 0.6) is 5.75 Å². The number of nitrogens with zero attached hydrogens (tertiary/aromatic N) is 1. The average molecular weight is 361 g/mol. The first-order valence-corrected chi connectivity index (χ1v) is 9.13. The third-order valence-electron chi connectivity index (χ3n) is 5.13. The summed E-state index contributed by atoms with van der Waals surface area (Å²) in [5.74, 6) is 0.617. The van der Waals surface area contributed by atoms with Crippen LogP contribution in [0, 0.1) is 10.6 Å². The molecule has 4 nitrogen and oxygen atoms in total. The van der Waals surface area contributed by atoms with Gasteiger partial charge < -0.3 is 15.1 Å². The van der Waals surface area contributed by atoms with Gasteiger partial charge >= 0.3 is 0 Å². The minimum Gasteiger partial charge on any atom is -0.618 e. The van der Waals surface area contributed by atoms with Crippen molar-refractivity contribution in [1.29, 1.82) is 0 Å². The number of benzene rings is 2. The van der Waals surface area contributed by atoms with Crippen LogP contribution in [0.4, 0.5) is 0 Å². The first-order chi connectivity index (χ1) is 12.9. The number of hydrogen-bond donors (Lipinski definition) is 1. The smallest absolute Gasteiger partial charge is 0.229 e. The summed E-state index contributed by atoms with van der Waals surface area (Å²) in [5.41, 5.74) is 1.23. The number of hydrogen-bond acceptors (Lipinski definition) is 3. The lowest BCUT2D eigenvalue weighted by Crippen LogP contribution is -2.44. The lowest BCUT2D eigenvalue weighted by molar-refractivity contribution is -0.622. The molecule has 138 valence electrons. The fraction of sp³-hybridized carbons (Fsp3) is 0.261. The molecular weight excluding hydrogens is 338 g/mol. The van der Waals surface area contributed by atoms with E-state index in [1.54, 1.807) is 18.2 Å². The van der Waals surface area contributed by atoms with Gasteiger partial charge in [0, 0.05) is 23.1 Å². The van der Waals surface area contributed by atoms with E-state index in [9.17, 15) is 10.3 Å². The quantitative estimate of drug-likeness (QED) is 0.554. The molecule has 0 bridgehead atoms. The molecule has 0 fully saturated rings. The highest BCUT2D eigenvalue weighted by molar-refractivity contribution is 5.66. The molecule has 1 atom stereocenters. The minimum atomic E-state index is -1.44. The Balaban J connectivity index is 1.94. The fourth-order valence-electron chi connectivity index (χ4n) is 3.88. The monoisotopic (exact) mass is 361 g/mol. The third-order valence-corrected chi connectivity index (χ3v) is 5.13. The molecule has 0 radical (unpaired) electrons. The standard InChI is InChI=1S/C23H23NO3/c1-22(2)15-23(25,21-10-6-7-13-24(21)26)19-14-18(11-12-20(19)27-16-22)17-8-4-3-5-9-17/h3-14,25H,15-16H2,1-2H3. The predicted molar refractivity (Wildman–Crippen MR) is 104 cm³/mol. The molecular formula is C23H23NO3. The highest BCUT2D eigenvalue weighted by Crippen LogP contribution is 2.46. The molecule has 0 amide bonds. The lowest BCUT2D eigenvalue weighted by atomic mass is 9.75. The van der Waals surface area contributed by atoms with Crippen LogP contribution in [0.2, 0.25) is 0 Å². The van der Waals surface area contributed by atoms with Gasteiger partial charge in [0.1, 0.15) is 5.75 Å². The molecule has 1 aromatic heterocycles. The van der Waals surface area contributed by atoms with Gasteiger partial charge in [-0.1, -0.05) is 50.2 Å². The van der Waals surface area contributed by atoms with E-state index in [-0.39, 0.29) is 5.41 Å². The molecule has 2 aromatic carbocycles. The summed E-state index contributed by atoms with van der Waals surface area (Å²) in [6.45, 7) is 4.55. The van der Waals surface area contributed by atoms with E-state index in [1.165, 1.54) is 6.20 Å². The highest BCUT2D eigenvalue weighted by atomic mass is 16.5. The molecule has 0 spiro atoms. The van der Waals surface area contributed by atoms with E-state index in [2.05, 4.69) is 0 Å². The molecule has 27 heavy (non-hydrogen) atoms. The van der Waals surface area contributed by atoms with Crippen molar-refractivity contribution in [1.82, 2.24) is 0 Å². The zero-order valence-corrected chi connectivity index (χ0v) is 15.6. The van der Waals surface area contributed by atoms with E-state index < -0.39 is 5.60 Å². The topological polar surface area (TPSA) is 56.4 Å². The van der Waals surface area contributed by atoms with Gasteiger partial charge in [-0.15, -0.1) is 0 Å². The molecule has 2 heterocycles. The minimum absolute atomic E-state index is 0.302. The summed E-state index contributed by atoms with van der Waals surface area (Å²) >= 11 is 0. The van der Waals surface area contributed by atoms with Crippen molar-refractivity contribution in [2.45, 2.75) is 25.9 Å². The van der Waals surface area contributed by atoms with Gasteiger partial charge in [0.2, 0.25) is 5.69 Å². The SMILES string of the molecule is CC1(C)COc2ccc(-c3ccccc3)cc2C(O)(c2cccc[n+]2[O-])C1. The van der Waals surface area contributed by atoms with Crippen LogP contribution in [0.15, 0.2) is 72.9 Å². The van der Waals surface area contributed by atoms with Gasteiger partial charge in [0.05, 0.1) is 6.61 Å². The van der Waals surface area contributed by atoms with Gasteiger partial charge in [0.25, 0.3) is 0 Å². The Bertz CT molecular complexity index is 968. The molecule has 1 N–H and O–H groups in total. The normalized spacial score (nSPS) is 21.0. The van der Waals surface area contributed by atoms with Gasteiger partial charge in [-0.25, -0.2) is 0 Å². The van der Waals surface area contributed by atoms with Crippen molar-refractivity contribution in [2.24, 2.45) is 5.41 Å². The summed E-state index contributed by atoms with van der Waals surface area (Å²) in [7, 11) is 0. The van der Waals surface area contributed by atoms with Gasteiger partial charge in [-0.2, -0.15) is 4.73 Å². The number of aliphatic hydroxyl groups is 1. The Morgan fingerprint density at radius 1 is 0.963 bits per heavy atom. The van der Waals surface area contributed by atoms with E-state index in [0.717, 1.165) is 15.9 Å². The number of aromatic nitrogens is 1. The molecule has 1 aliphatic rings. The maximum Gasteiger partial charge on any atom is 0.229 e. The first-order valence-electron chi connectivity index (χ1n) is 9.13. The Morgan fingerprint density at radius 2 is 1.70 bits per heavy atom. The molecule has 4 heteroatoms. The van der Waals surface area contributed by atoms with Gasteiger partial charge in [0.15, 0.2) is 11.8 Å². The number of ether oxygens (including phenoxy) is 1. The van der Waals surface area contributed by atoms with Gasteiger partial charge in [-0.3, -0.25) is 0 Å². The Labute approximate surface area is 159 Å². The van der Waals surface area contributed by atoms with Crippen LogP contribution in [0.3, 0.4) is 0 Å². The summed E-state index contributed by atoms with van der Waals surface area (Å²) < 4.78 is 6.79. The Morgan fingerprint density at radius 3 is 2.44 bits per heavy atom. The molecule has 3 aromatic rings. The summed E-state index contributed by atoms with van der Waals surface area (Å²) in [6, 6.07) is 20.9. The maximum absolute atomic E-state index is 12.5. The number of pyridine rings is 1. The predicted octanol–water partition coefficient (Wildman–Crippen LogP) is 4.03. The van der Waals surface area contributed by atoms with Crippen molar-refractivity contribution in [3.63, 3.8) is 0 Å². The highest BCUT2D eigenvalue weighted by Gasteiger charge is 2.47. The maximum atomic E-state index is 12.5. The zero-order chi connectivity index (χ0) is 19.1. The second kappa shape index (κ2) is 6.39. The van der Waals surface area contributed by atoms with Crippen LogP contribution in [0.25, 0.3) is 11.1 Å². The molecule has 0 saturated carbocycles. The van der Waals surface area contributed by atoms with Crippen LogP contribution < -0.4 is 9.47 Å². The zero-order valence-electron chi connectivity index (χ0n) is 15.6. The van der Waals surface area contributed by atoms with Crippen LogP contribution in [-0.4, -0.2) is 11.7 Å². The van der Waals surface area contributed by atoms with Crippen molar-refractivity contribution in [3.05, 3.63) is 89.4 Å². The van der Waals surface area contributed by atoms with E-state index in [4.69, 9.17) is 4.74 Å². The van der Waals surface area contributed by atoms with E-state index in [1.807, 2.05) is 62.4 Å². The Kier molecular flexibility index (Phi) is 4.16. The van der Waals surface area contributed by atoms with Crippen LogP contribution in [0.1, 0.15) is 31.5 Å². The van der Waals surface area contributed by atoms with Crippen molar-refractivity contribution < 1.29 is 14.6 Å². The second-order valence-electron chi connectivity index (χ2n) is 7.98. The van der Waals surface area contributed by atoms with Crippen LogP contribution in [-0.2, 0) is 5.60 Å². The van der Waals surface area contributed by atoms with E-state index in [0.29, 0.717) is 30.0 Å². The van der Waals surface area contributed by atoms with Crippen molar-refractivity contribution >= 4 is 0 Å². The number of rotatable bonds is 2. The molecule has 0 saturated heterocycles. The molecule has 1 unspecified atom stereocenters. The lowest BCUT2D eigenvalue weighted by Gasteiger charge is -2.31. The first kappa shape index (κ1) is 17.6. The van der Waals surface area contributed by atoms with Crippen molar-refractivity contribution in [2.75, 3.05) is 6.61 Å². The molecule has 4 rings (SSSR count). The van der Waals surface area contributed by atoms with Gasteiger partial charge in [-0.05, 0) is 35.7 Å². The van der Waals surface area contributed by atoms with Crippen molar-refractivity contribution in [3.8, 4) is 16.9 Å². The van der Waals surface area contributed by atoms with E-state index >= 15 is 0 Å². The third kappa shape index (κ3) is 3.17. The van der Waals surface area contributed by atoms with Crippen LogP contribution >= 0.6 is 0 Å². The number of fused-ring (bicyclic) bond motifs is 1. The second-order valence-corrected chi connectivity index (χ2v) is 7.98. The molecule has 1 aliphatic heterocycles.